The SMILES string of the molecule is C=CC(=O)N1CC[C@H](n2nc(C#Cc3cc(C#N)cc(OC)c3)c3c(N)ncc(Cl)c32)C1. The molecule has 160 valence electrons. The van der Waals surface area contributed by atoms with Gasteiger partial charge in [-0.25, -0.2) is 4.98 Å². The molecule has 1 aliphatic heterocycles. The van der Waals surface area contributed by atoms with Crippen molar-refractivity contribution in [1.82, 2.24) is 19.7 Å². The molecule has 4 rings (SSSR count). The number of anilines is 1. The van der Waals surface area contributed by atoms with Crippen LogP contribution in [0.4, 0.5) is 5.82 Å². The van der Waals surface area contributed by atoms with Crippen molar-refractivity contribution in [2.75, 3.05) is 25.9 Å². The number of carbonyl (C=O) groups excluding carboxylic acids is 1. The first-order valence-corrected chi connectivity index (χ1v) is 10.2. The van der Waals surface area contributed by atoms with Gasteiger partial charge in [-0.2, -0.15) is 10.4 Å². The number of ether oxygens (including phenoxy) is 1. The molecule has 0 radical (unpaired) electrons. The van der Waals surface area contributed by atoms with E-state index in [1.54, 1.807) is 27.8 Å². The van der Waals surface area contributed by atoms with E-state index in [2.05, 4.69) is 29.5 Å². The van der Waals surface area contributed by atoms with Crippen LogP contribution in [0, 0.1) is 23.2 Å². The third-order valence-electron chi connectivity index (χ3n) is 5.30. The standard InChI is InChI=1S/C23H19ClN6O2/c1-3-20(31)29-7-6-16(13-29)30-22-18(24)12-27-23(26)21(22)19(28-30)5-4-14-8-15(11-25)10-17(9-14)32-2/h3,8-10,12,16H,1,6-7,13H2,2H3,(H2,26,27)/t16-/m0/s1. The summed E-state index contributed by atoms with van der Waals surface area (Å²) in [7, 11) is 1.53. The number of nitrogens with zero attached hydrogens (tertiary/aromatic N) is 5. The van der Waals surface area contributed by atoms with Crippen LogP contribution in [-0.4, -0.2) is 45.8 Å². The first kappa shape index (κ1) is 21.2. The minimum atomic E-state index is -0.123. The number of benzene rings is 1. The molecular formula is C23H19ClN6O2. The number of nitrogen functional groups attached to an aromatic ring is 1. The van der Waals surface area contributed by atoms with Crippen molar-refractivity contribution >= 4 is 34.2 Å². The molecule has 8 nitrogen and oxygen atoms in total. The third-order valence-corrected chi connectivity index (χ3v) is 5.58. The Morgan fingerprint density at radius 3 is 2.88 bits per heavy atom. The number of amides is 1. The number of nitrogens with two attached hydrogens (primary N) is 1. The van der Waals surface area contributed by atoms with E-state index in [1.807, 2.05) is 0 Å². The van der Waals surface area contributed by atoms with Gasteiger partial charge in [0.25, 0.3) is 0 Å². The van der Waals surface area contributed by atoms with Gasteiger partial charge in [0.1, 0.15) is 17.3 Å². The Balaban J connectivity index is 1.81. The first-order chi connectivity index (χ1) is 15.4. The van der Waals surface area contributed by atoms with Gasteiger partial charge in [-0.05, 0) is 36.6 Å². The van der Waals surface area contributed by atoms with Crippen LogP contribution >= 0.6 is 11.6 Å². The maximum atomic E-state index is 12.0. The molecule has 1 aromatic carbocycles. The lowest BCUT2D eigenvalue weighted by Gasteiger charge is -2.15. The van der Waals surface area contributed by atoms with Crippen LogP contribution in [0.3, 0.4) is 0 Å². The van der Waals surface area contributed by atoms with Crippen molar-refractivity contribution in [1.29, 1.82) is 5.26 Å². The van der Waals surface area contributed by atoms with Gasteiger partial charge in [0.15, 0.2) is 0 Å². The van der Waals surface area contributed by atoms with Crippen LogP contribution in [0.15, 0.2) is 37.1 Å². The van der Waals surface area contributed by atoms with Crippen LogP contribution in [-0.2, 0) is 4.79 Å². The summed E-state index contributed by atoms with van der Waals surface area (Å²) < 4.78 is 7.02. The topological polar surface area (TPSA) is 110 Å². The lowest BCUT2D eigenvalue weighted by atomic mass is 10.1. The van der Waals surface area contributed by atoms with Crippen molar-refractivity contribution in [2.45, 2.75) is 12.5 Å². The van der Waals surface area contributed by atoms with Gasteiger partial charge < -0.3 is 15.4 Å². The van der Waals surface area contributed by atoms with Crippen LogP contribution in [0.25, 0.3) is 10.9 Å². The van der Waals surface area contributed by atoms with Crippen LogP contribution in [0.5, 0.6) is 5.75 Å². The molecule has 0 spiro atoms. The zero-order valence-electron chi connectivity index (χ0n) is 17.3. The molecule has 32 heavy (non-hydrogen) atoms. The van der Waals surface area contributed by atoms with Gasteiger partial charge in [-0.1, -0.05) is 24.1 Å². The van der Waals surface area contributed by atoms with Crippen molar-refractivity contribution in [2.24, 2.45) is 0 Å². The summed E-state index contributed by atoms with van der Waals surface area (Å²) in [6.07, 6.45) is 3.50. The van der Waals surface area contributed by atoms with E-state index in [9.17, 15) is 10.1 Å². The molecule has 3 heterocycles. The van der Waals surface area contributed by atoms with E-state index >= 15 is 0 Å². The van der Waals surface area contributed by atoms with Gasteiger partial charge in [-0.3, -0.25) is 9.48 Å². The average Bonchev–Trinajstić information content (AvgIpc) is 3.45. The van der Waals surface area contributed by atoms with E-state index in [4.69, 9.17) is 27.2 Å². The van der Waals surface area contributed by atoms with Gasteiger partial charge in [0.05, 0.1) is 46.9 Å². The lowest BCUT2D eigenvalue weighted by Crippen LogP contribution is -2.27. The van der Waals surface area contributed by atoms with E-state index in [0.29, 0.717) is 58.0 Å². The van der Waals surface area contributed by atoms with Crippen molar-refractivity contribution in [3.8, 4) is 23.7 Å². The highest BCUT2D eigenvalue weighted by Gasteiger charge is 2.29. The normalized spacial score (nSPS) is 15.2. The quantitative estimate of drug-likeness (QED) is 0.489. The zero-order chi connectivity index (χ0) is 22.8. The Labute approximate surface area is 189 Å². The second-order valence-corrected chi connectivity index (χ2v) is 7.66. The summed E-state index contributed by atoms with van der Waals surface area (Å²) in [4.78, 5) is 17.9. The third kappa shape index (κ3) is 3.84. The van der Waals surface area contributed by atoms with E-state index < -0.39 is 0 Å². The van der Waals surface area contributed by atoms with E-state index in [-0.39, 0.29) is 17.8 Å². The molecule has 1 saturated heterocycles. The highest BCUT2D eigenvalue weighted by molar-refractivity contribution is 6.35. The van der Waals surface area contributed by atoms with Gasteiger partial charge >= 0.3 is 0 Å². The summed E-state index contributed by atoms with van der Waals surface area (Å²) in [6.45, 7) is 4.63. The van der Waals surface area contributed by atoms with Crippen LogP contribution in [0.1, 0.15) is 29.3 Å². The number of hydrogen-bond acceptors (Lipinski definition) is 6. The molecule has 9 heteroatoms. The minimum Gasteiger partial charge on any atom is -0.497 e. The number of halogens is 1. The Hall–Kier alpha value is -4.01. The van der Waals surface area contributed by atoms with E-state index in [1.165, 1.54) is 19.4 Å². The average molecular weight is 447 g/mol. The van der Waals surface area contributed by atoms with E-state index in [0.717, 1.165) is 0 Å². The fourth-order valence-electron chi connectivity index (χ4n) is 3.77. The Morgan fingerprint density at radius 1 is 1.38 bits per heavy atom. The number of carbonyl (C=O) groups is 1. The molecule has 0 bridgehead atoms. The van der Waals surface area contributed by atoms with Crippen molar-refractivity contribution in [3.63, 3.8) is 0 Å². The Morgan fingerprint density at radius 2 is 2.16 bits per heavy atom. The molecule has 1 amide bonds. The molecule has 0 saturated carbocycles. The number of aromatic nitrogens is 3. The largest absolute Gasteiger partial charge is 0.497 e. The molecule has 1 atom stereocenters. The Bertz CT molecular complexity index is 1340. The van der Waals surface area contributed by atoms with Crippen molar-refractivity contribution in [3.05, 3.63) is 58.9 Å². The summed E-state index contributed by atoms with van der Waals surface area (Å²) in [5.74, 6) is 6.74. The Kier molecular flexibility index (Phi) is 5.72. The maximum absolute atomic E-state index is 12.0. The lowest BCUT2D eigenvalue weighted by molar-refractivity contribution is -0.125. The number of rotatable bonds is 3. The molecule has 1 aliphatic rings. The molecule has 2 N–H and O–H groups in total. The maximum Gasteiger partial charge on any atom is 0.246 e. The van der Waals surface area contributed by atoms with Gasteiger partial charge in [-0.15, -0.1) is 0 Å². The smallest absolute Gasteiger partial charge is 0.246 e. The fourth-order valence-corrected chi connectivity index (χ4v) is 4.00. The predicted molar refractivity (Wildman–Crippen MR) is 121 cm³/mol. The fraction of sp³-hybridized carbons (Fsp3) is 0.217. The van der Waals surface area contributed by atoms with Gasteiger partial charge in [0, 0.05) is 18.7 Å². The van der Waals surface area contributed by atoms with Crippen LogP contribution in [0.2, 0.25) is 5.02 Å². The number of likely N-dealkylation sites (tertiary alicyclic amines) is 1. The summed E-state index contributed by atoms with van der Waals surface area (Å²) in [6, 6.07) is 7.04. The number of hydrogen-bond donors (Lipinski definition) is 1. The van der Waals surface area contributed by atoms with Crippen LogP contribution < -0.4 is 10.5 Å². The number of fused-ring (bicyclic) bond motifs is 1. The highest BCUT2D eigenvalue weighted by Crippen LogP contribution is 2.34. The number of methoxy groups -OCH3 is 1. The molecule has 1 fully saturated rings. The molecule has 0 unspecified atom stereocenters. The second-order valence-electron chi connectivity index (χ2n) is 7.25. The monoisotopic (exact) mass is 446 g/mol. The summed E-state index contributed by atoms with van der Waals surface area (Å²) in [5, 5.41) is 14.9. The zero-order valence-corrected chi connectivity index (χ0v) is 18.1. The second kappa shape index (κ2) is 8.62. The van der Waals surface area contributed by atoms with Gasteiger partial charge in [0.2, 0.25) is 5.91 Å². The molecule has 2 aromatic heterocycles. The molecule has 0 aliphatic carbocycles. The minimum absolute atomic E-state index is 0.0849. The number of nitriles is 1. The summed E-state index contributed by atoms with van der Waals surface area (Å²) in [5.41, 5.74) is 8.25. The first-order valence-electron chi connectivity index (χ1n) is 9.80. The summed E-state index contributed by atoms with van der Waals surface area (Å²) >= 11 is 6.47. The van der Waals surface area contributed by atoms with Crippen molar-refractivity contribution < 1.29 is 9.53 Å². The molecule has 3 aromatic rings. The predicted octanol–water partition coefficient (Wildman–Crippen LogP) is 2.91. The highest BCUT2D eigenvalue weighted by atomic mass is 35.5. The molecular weight excluding hydrogens is 428 g/mol. The number of pyridine rings is 1.